The molecule has 0 amide bonds. The van der Waals surface area contributed by atoms with E-state index in [1.54, 1.807) is 10.7 Å². The molecule has 1 aromatic heterocycles. The molecule has 0 aliphatic rings. The van der Waals surface area contributed by atoms with Gasteiger partial charge in [0.15, 0.2) is 11.6 Å². The summed E-state index contributed by atoms with van der Waals surface area (Å²) in [4.78, 5) is 0. The summed E-state index contributed by atoms with van der Waals surface area (Å²) in [5, 5.41) is 1.76. The highest BCUT2D eigenvalue weighted by molar-refractivity contribution is 6.31. The zero-order valence-electron chi connectivity index (χ0n) is 16.2. The lowest BCUT2D eigenvalue weighted by molar-refractivity contribution is 0.386. The lowest BCUT2D eigenvalue weighted by Gasteiger charge is -2.17. The smallest absolute Gasteiger partial charge is 0.165 e. The van der Waals surface area contributed by atoms with Crippen LogP contribution in [0.4, 0.5) is 4.39 Å². The van der Waals surface area contributed by atoms with E-state index in [1.165, 1.54) is 18.7 Å². The van der Waals surface area contributed by atoms with Crippen LogP contribution in [0.25, 0.3) is 10.9 Å². The highest BCUT2D eigenvalue weighted by atomic mass is 35.5. The molecule has 2 aromatic carbocycles. The van der Waals surface area contributed by atoms with Crippen molar-refractivity contribution in [3.05, 3.63) is 64.1 Å². The minimum Gasteiger partial charge on any atom is -0.494 e. The summed E-state index contributed by atoms with van der Waals surface area (Å²) in [5.74, 6) is 6.86. The fourth-order valence-electron chi connectivity index (χ4n) is 3.65. The minimum absolute atomic E-state index is 0.0660. The molecule has 0 saturated carbocycles. The summed E-state index contributed by atoms with van der Waals surface area (Å²) < 4.78 is 21.0. The predicted octanol–water partition coefficient (Wildman–Crippen LogP) is 5.90. The molecular weight excluding hydrogens is 363 g/mol. The maximum Gasteiger partial charge on any atom is 0.165 e. The Morgan fingerprint density at radius 3 is 2.52 bits per heavy atom. The van der Waals surface area contributed by atoms with E-state index in [2.05, 4.69) is 20.8 Å². The number of aromatic nitrogens is 1. The van der Waals surface area contributed by atoms with Gasteiger partial charge in [0, 0.05) is 16.3 Å². The molecule has 0 spiro atoms. The van der Waals surface area contributed by atoms with Gasteiger partial charge in [-0.2, -0.15) is 0 Å². The normalized spacial score (nSPS) is 12.7. The monoisotopic (exact) mass is 388 g/mol. The van der Waals surface area contributed by atoms with Crippen molar-refractivity contribution in [1.29, 1.82) is 0 Å². The molecule has 3 nitrogen and oxygen atoms in total. The Morgan fingerprint density at radius 2 is 1.89 bits per heavy atom. The number of methoxy groups -OCH3 is 1. The molecule has 0 bridgehead atoms. The Bertz CT molecular complexity index is 965. The summed E-state index contributed by atoms with van der Waals surface area (Å²) in [6.07, 6.45) is 1.94. The number of nitrogen functional groups attached to an aromatic ring is 1. The SMILES string of the molecule is COc1ccc(C(C)c2c(CCC(C)C)c3cc(Cl)ccc3n2N)cc1F. The molecule has 5 heteroatoms. The average Bonchev–Trinajstić information content (AvgIpc) is 2.90. The molecule has 1 unspecified atom stereocenters. The first kappa shape index (κ1) is 19.6. The third-order valence-electron chi connectivity index (χ3n) is 5.17. The van der Waals surface area contributed by atoms with Crippen molar-refractivity contribution in [2.24, 2.45) is 5.92 Å². The number of rotatable bonds is 6. The van der Waals surface area contributed by atoms with Crippen molar-refractivity contribution >= 4 is 22.5 Å². The number of nitrogens with zero attached hydrogens (tertiary/aromatic N) is 1. The summed E-state index contributed by atoms with van der Waals surface area (Å²) in [7, 11) is 1.47. The highest BCUT2D eigenvalue weighted by Gasteiger charge is 2.23. The number of halogens is 2. The van der Waals surface area contributed by atoms with E-state index in [4.69, 9.17) is 22.2 Å². The van der Waals surface area contributed by atoms with Crippen molar-refractivity contribution in [3.8, 4) is 5.75 Å². The van der Waals surface area contributed by atoms with E-state index in [9.17, 15) is 4.39 Å². The molecule has 0 aliphatic carbocycles. The van der Waals surface area contributed by atoms with Crippen LogP contribution in [0.3, 0.4) is 0 Å². The maximum atomic E-state index is 14.3. The van der Waals surface area contributed by atoms with Crippen molar-refractivity contribution in [2.75, 3.05) is 13.0 Å². The number of benzene rings is 2. The molecule has 1 heterocycles. The van der Waals surface area contributed by atoms with Crippen LogP contribution < -0.4 is 10.6 Å². The van der Waals surface area contributed by atoms with E-state index >= 15 is 0 Å². The molecule has 3 rings (SSSR count). The Morgan fingerprint density at radius 1 is 1.15 bits per heavy atom. The second-order valence-electron chi connectivity index (χ2n) is 7.44. The minimum atomic E-state index is -0.367. The molecule has 3 aromatic rings. The van der Waals surface area contributed by atoms with Crippen molar-refractivity contribution < 1.29 is 9.13 Å². The number of nitrogens with two attached hydrogens (primary N) is 1. The van der Waals surface area contributed by atoms with Crippen LogP contribution in [0.1, 0.15) is 49.9 Å². The molecule has 0 saturated heterocycles. The van der Waals surface area contributed by atoms with Crippen LogP contribution in [0.15, 0.2) is 36.4 Å². The predicted molar refractivity (Wildman–Crippen MR) is 111 cm³/mol. The van der Waals surface area contributed by atoms with E-state index < -0.39 is 0 Å². The maximum absolute atomic E-state index is 14.3. The highest BCUT2D eigenvalue weighted by Crippen LogP contribution is 2.36. The number of ether oxygens (including phenoxy) is 1. The largest absolute Gasteiger partial charge is 0.494 e. The van der Waals surface area contributed by atoms with Gasteiger partial charge in [0.1, 0.15) is 0 Å². The Labute approximate surface area is 164 Å². The number of hydrogen-bond acceptors (Lipinski definition) is 2. The lowest BCUT2D eigenvalue weighted by atomic mass is 9.91. The van der Waals surface area contributed by atoms with Crippen molar-refractivity contribution in [1.82, 2.24) is 4.68 Å². The van der Waals surface area contributed by atoms with E-state index in [0.717, 1.165) is 35.0 Å². The second kappa shape index (κ2) is 7.81. The molecule has 144 valence electrons. The van der Waals surface area contributed by atoms with Gasteiger partial charge in [-0.15, -0.1) is 0 Å². The third-order valence-corrected chi connectivity index (χ3v) is 5.40. The van der Waals surface area contributed by atoms with Gasteiger partial charge in [-0.05, 0) is 60.2 Å². The van der Waals surface area contributed by atoms with Gasteiger partial charge in [-0.1, -0.05) is 38.4 Å². The van der Waals surface area contributed by atoms with E-state index in [-0.39, 0.29) is 17.5 Å². The molecule has 0 aliphatic heterocycles. The van der Waals surface area contributed by atoms with Gasteiger partial charge in [0.05, 0.1) is 18.3 Å². The summed E-state index contributed by atoms with van der Waals surface area (Å²) in [6, 6.07) is 10.8. The topological polar surface area (TPSA) is 40.2 Å². The van der Waals surface area contributed by atoms with Crippen molar-refractivity contribution in [3.63, 3.8) is 0 Å². The van der Waals surface area contributed by atoms with Crippen LogP contribution in [0.5, 0.6) is 5.75 Å². The van der Waals surface area contributed by atoms with Crippen LogP contribution in [-0.2, 0) is 6.42 Å². The summed E-state index contributed by atoms with van der Waals surface area (Å²) in [5.41, 5.74) is 3.98. The Balaban J connectivity index is 2.15. The molecule has 27 heavy (non-hydrogen) atoms. The first-order chi connectivity index (χ1) is 12.8. The van der Waals surface area contributed by atoms with Gasteiger partial charge in [0.2, 0.25) is 0 Å². The van der Waals surface area contributed by atoms with E-state index in [1.807, 2.05) is 24.3 Å². The number of hydrogen-bond donors (Lipinski definition) is 1. The molecule has 2 N–H and O–H groups in total. The lowest BCUT2D eigenvalue weighted by Crippen LogP contribution is -2.16. The van der Waals surface area contributed by atoms with Gasteiger partial charge in [0.25, 0.3) is 0 Å². The van der Waals surface area contributed by atoms with Crippen LogP contribution in [-0.4, -0.2) is 11.8 Å². The molecule has 0 fully saturated rings. The van der Waals surface area contributed by atoms with Gasteiger partial charge in [-0.3, -0.25) is 4.68 Å². The number of fused-ring (bicyclic) bond motifs is 1. The third kappa shape index (κ3) is 3.77. The Kier molecular flexibility index (Phi) is 5.66. The zero-order valence-corrected chi connectivity index (χ0v) is 17.0. The quantitative estimate of drug-likeness (QED) is 0.534. The Hall–Kier alpha value is -2.20. The van der Waals surface area contributed by atoms with Crippen molar-refractivity contribution in [2.45, 2.75) is 39.5 Å². The first-order valence-corrected chi connectivity index (χ1v) is 9.62. The number of aryl methyl sites for hydroxylation is 1. The summed E-state index contributed by atoms with van der Waals surface area (Å²) in [6.45, 7) is 6.46. The van der Waals surface area contributed by atoms with Gasteiger partial charge >= 0.3 is 0 Å². The van der Waals surface area contributed by atoms with Gasteiger partial charge in [-0.25, -0.2) is 4.39 Å². The molecular formula is C22H26ClFN2O. The second-order valence-corrected chi connectivity index (χ2v) is 7.88. The first-order valence-electron chi connectivity index (χ1n) is 9.24. The van der Waals surface area contributed by atoms with Crippen LogP contribution >= 0.6 is 11.6 Å². The van der Waals surface area contributed by atoms with E-state index in [0.29, 0.717) is 10.9 Å². The van der Waals surface area contributed by atoms with Crippen LogP contribution in [0, 0.1) is 11.7 Å². The van der Waals surface area contributed by atoms with Gasteiger partial charge < -0.3 is 10.6 Å². The average molecular weight is 389 g/mol. The fourth-order valence-corrected chi connectivity index (χ4v) is 3.82. The fraction of sp³-hybridized carbons (Fsp3) is 0.364. The zero-order chi connectivity index (χ0) is 19.7. The van der Waals surface area contributed by atoms with Crippen LogP contribution in [0.2, 0.25) is 5.02 Å². The molecule has 1 atom stereocenters. The summed E-state index contributed by atoms with van der Waals surface area (Å²) >= 11 is 6.25. The standard InChI is InChI=1S/C22H26ClFN2O/c1-13(2)5-8-17-18-12-16(23)7-9-20(18)26(25)22(17)14(3)15-6-10-21(27-4)19(24)11-15/h6-7,9-14H,5,8,25H2,1-4H3. The molecule has 0 radical (unpaired) electrons.